The molecule has 3 rings (SSSR count). The molecule has 0 aromatic carbocycles. The van der Waals surface area contributed by atoms with Crippen molar-refractivity contribution in [2.75, 3.05) is 6.54 Å². The van der Waals surface area contributed by atoms with Crippen LogP contribution in [-0.4, -0.2) is 63.0 Å². The Labute approximate surface area is 143 Å². The van der Waals surface area contributed by atoms with Gasteiger partial charge in [-0.05, 0) is 12.8 Å². The van der Waals surface area contributed by atoms with Crippen LogP contribution >= 0.6 is 0 Å². The minimum Gasteiger partial charge on any atom is -0.368 e. The number of β-lactam (4-membered cyclic amide) rings is 1. The van der Waals surface area contributed by atoms with Gasteiger partial charge in [0, 0.05) is 18.7 Å². The largest absolute Gasteiger partial charge is 0.368 e. The van der Waals surface area contributed by atoms with Gasteiger partial charge in [-0.3, -0.25) is 19.2 Å². The summed E-state index contributed by atoms with van der Waals surface area (Å²) in [7, 11) is 0. The van der Waals surface area contributed by atoms with Gasteiger partial charge in [-0.2, -0.15) is 0 Å². The number of primary amides is 1. The van der Waals surface area contributed by atoms with Crippen LogP contribution in [0.25, 0.3) is 0 Å². The van der Waals surface area contributed by atoms with Crippen molar-refractivity contribution in [1.29, 1.82) is 0 Å². The van der Waals surface area contributed by atoms with Crippen molar-refractivity contribution in [2.45, 2.75) is 43.8 Å². The zero-order chi connectivity index (χ0) is 18.1. The van der Waals surface area contributed by atoms with Gasteiger partial charge in [0.05, 0.1) is 18.8 Å². The fraction of sp³-hybridized carbons (Fsp3) is 0.533. The van der Waals surface area contributed by atoms with Crippen LogP contribution in [0.4, 0.5) is 0 Å². The average Bonchev–Trinajstić information content (AvgIpc) is 3.19. The number of carbonyl (C=O) groups is 4. The van der Waals surface area contributed by atoms with E-state index in [1.54, 1.807) is 0 Å². The molecule has 1 aromatic rings. The highest BCUT2D eigenvalue weighted by Crippen LogP contribution is 2.19. The number of likely N-dealkylation sites (tertiary alicyclic amines) is 1. The van der Waals surface area contributed by atoms with E-state index in [9.17, 15) is 19.2 Å². The predicted molar refractivity (Wildman–Crippen MR) is 85.1 cm³/mol. The quantitative estimate of drug-likeness (QED) is 0.337. The number of aromatic amines is 1. The molecule has 0 bridgehead atoms. The van der Waals surface area contributed by atoms with Gasteiger partial charge in [-0.25, -0.2) is 4.98 Å². The molecule has 10 nitrogen and oxygen atoms in total. The molecule has 1 unspecified atom stereocenters. The van der Waals surface area contributed by atoms with E-state index in [1.807, 2.05) is 0 Å². The highest BCUT2D eigenvalue weighted by atomic mass is 16.2. The third-order valence-electron chi connectivity index (χ3n) is 4.60. The summed E-state index contributed by atoms with van der Waals surface area (Å²) in [6.07, 6.45) is 2.78. The van der Waals surface area contributed by atoms with Crippen LogP contribution in [0.15, 0.2) is 6.33 Å². The molecule has 0 saturated carbocycles. The number of ketones is 1. The lowest BCUT2D eigenvalue weighted by Crippen LogP contribution is -2.53. The van der Waals surface area contributed by atoms with Crippen molar-refractivity contribution in [2.24, 2.45) is 11.5 Å². The van der Waals surface area contributed by atoms with Gasteiger partial charge in [-0.1, -0.05) is 0 Å². The Kier molecular flexibility index (Phi) is 4.53. The molecular weight excluding hydrogens is 328 g/mol. The van der Waals surface area contributed by atoms with Gasteiger partial charge in [0.25, 0.3) is 0 Å². The minimum absolute atomic E-state index is 0.0720. The summed E-state index contributed by atoms with van der Waals surface area (Å²) < 4.78 is 0. The van der Waals surface area contributed by atoms with E-state index >= 15 is 0 Å². The van der Waals surface area contributed by atoms with Crippen molar-refractivity contribution in [3.8, 4) is 0 Å². The number of imidazole rings is 1. The maximum Gasteiger partial charge on any atom is 0.240 e. The number of nitrogens with one attached hydrogen (secondary N) is 2. The van der Waals surface area contributed by atoms with Crippen LogP contribution in [0.1, 0.15) is 35.4 Å². The number of Topliss-reactive ketones (excluding diaryl/α,β-unsaturated/α-hetero) is 1. The Hall–Kier alpha value is -2.75. The van der Waals surface area contributed by atoms with Crippen LogP contribution in [0, 0.1) is 0 Å². The summed E-state index contributed by atoms with van der Waals surface area (Å²) >= 11 is 0. The normalized spacial score (nSPS) is 23.7. The first-order valence-corrected chi connectivity index (χ1v) is 8.09. The fourth-order valence-electron chi connectivity index (χ4n) is 3.22. The first-order valence-electron chi connectivity index (χ1n) is 8.09. The van der Waals surface area contributed by atoms with E-state index in [2.05, 4.69) is 15.3 Å². The van der Waals surface area contributed by atoms with Crippen LogP contribution in [0.3, 0.4) is 0 Å². The standard InChI is InChI=1S/C15H20N6O4/c16-7(15(25)21-3-1-2-10(21)14(17)24)4-8-12(19-6-18-8)13(23)9-5-11(22)20-9/h6-7,9-10H,1-5,16H2,(H2,17,24)(H,18,19)(H,20,22)/t7-,9?,10-/m0/s1. The summed E-state index contributed by atoms with van der Waals surface area (Å²) in [6, 6.07) is -2.14. The molecule has 3 amide bonds. The number of aromatic nitrogens is 2. The van der Waals surface area contributed by atoms with Crippen molar-refractivity contribution in [3.05, 3.63) is 17.7 Å². The van der Waals surface area contributed by atoms with Crippen molar-refractivity contribution >= 4 is 23.5 Å². The lowest BCUT2D eigenvalue weighted by molar-refractivity contribution is -0.138. The van der Waals surface area contributed by atoms with Crippen molar-refractivity contribution in [1.82, 2.24) is 20.2 Å². The van der Waals surface area contributed by atoms with Gasteiger partial charge in [0.1, 0.15) is 17.8 Å². The molecular formula is C15H20N6O4. The molecule has 3 heterocycles. The second kappa shape index (κ2) is 6.63. The number of carbonyl (C=O) groups excluding carboxylic acids is 4. The van der Waals surface area contributed by atoms with E-state index in [0.29, 0.717) is 25.1 Å². The molecule has 1 aromatic heterocycles. The lowest BCUT2D eigenvalue weighted by Gasteiger charge is -2.26. The molecule has 6 N–H and O–H groups in total. The number of hydrogen-bond donors (Lipinski definition) is 4. The average molecular weight is 348 g/mol. The SMILES string of the molecule is NC(=O)[C@@H]1CCCN1C(=O)[C@@H](N)Cc1[nH]cnc1C(=O)C1CC(=O)N1. The molecule has 25 heavy (non-hydrogen) atoms. The molecule has 2 aliphatic heterocycles. The van der Waals surface area contributed by atoms with Crippen molar-refractivity contribution < 1.29 is 19.2 Å². The minimum atomic E-state index is -0.928. The number of amides is 3. The van der Waals surface area contributed by atoms with Gasteiger partial charge in [-0.15, -0.1) is 0 Å². The van der Waals surface area contributed by atoms with Gasteiger partial charge in [0.15, 0.2) is 0 Å². The first kappa shape index (κ1) is 17.1. The van der Waals surface area contributed by atoms with Gasteiger partial charge in [0.2, 0.25) is 23.5 Å². The number of nitrogens with two attached hydrogens (primary N) is 2. The lowest BCUT2D eigenvalue weighted by atomic mass is 9.97. The molecule has 10 heteroatoms. The summed E-state index contributed by atoms with van der Waals surface area (Å²) in [5.74, 6) is -1.43. The predicted octanol–water partition coefficient (Wildman–Crippen LogP) is -2.17. The molecule has 2 fully saturated rings. The molecule has 0 spiro atoms. The molecule has 3 atom stereocenters. The zero-order valence-corrected chi connectivity index (χ0v) is 13.5. The number of nitrogens with zero attached hydrogens (tertiary/aromatic N) is 2. The summed E-state index contributed by atoms with van der Waals surface area (Å²) in [4.78, 5) is 55.4. The second-order valence-electron chi connectivity index (χ2n) is 6.32. The Morgan fingerprint density at radius 1 is 1.40 bits per heavy atom. The topological polar surface area (TPSA) is 164 Å². The highest BCUT2D eigenvalue weighted by Gasteiger charge is 2.37. The summed E-state index contributed by atoms with van der Waals surface area (Å²) in [6.45, 7) is 0.434. The zero-order valence-electron chi connectivity index (χ0n) is 13.5. The maximum atomic E-state index is 12.5. The monoisotopic (exact) mass is 348 g/mol. The van der Waals surface area contributed by atoms with Gasteiger partial charge >= 0.3 is 0 Å². The molecule has 2 saturated heterocycles. The molecule has 0 aliphatic carbocycles. The van der Waals surface area contributed by atoms with E-state index < -0.39 is 24.0 Å². The smallest absolute Gasteiger partial charge is 0.240 e. The van der Waals surface area contributed by atoms with E-state index in [0.717, 1.165) is 0 Å². The van der Waals surface area contributed by atoms with E-state index in [4.69, 9.17) is 11.5 Å². The van der Waals surface area contributed by atoms with E-state index in [-0.39, 0.29) is 36.1 Å². The van der Waals surface area contributed by atoms with Gasteiger partial charge < -0.3 is 26.7 Å². The summed E-state index contributed by atoms with van der Waals surface area (Å²) in [5, 5.41) is 2.50. The van der Waals surface area contributed by atoms with Crippen LogP contribution in [-0.2, 0) is 20.8 Å². The molecule has 134 valence electrons. The number of H-pyrrole nitrogens is 1. The maximum absolute atomic E-state index is 12.5. The third-order valence-corrected chi connectivity index (χ3v) is 4.60. The van der Waals surface area contributed by atoms with E-state index in [1.165, 1.54) is 11.2 Å². The molecule has 0 radical (unpaired) electrons. The van der Waals surface area contributed by atoms with Crippen molar-refractivity contribution in [3.63, 3.8) is 0 Å². The fourth-order valence-corrected chi connectivity index (χ4v) is 3.22. The Morgan fingerprint density at radius 3 is 2.76 bits per heavy atom. The number of rotatable bonds is 6. The second-order valence-corrected chi connectivity index (χ2v) is 6.32. The van der Waals surface area contributed by atoms with Crippen LogP contribution < -0.4 is 16.8 Å². The molecule has 2 aliphatic rings. The highest BCUT2D eigenvalue weighted by molar-refractivity contribution is 6.06. The third kappa shape index (κ3) is 3.25. The first-order chi connectivity index (χ1) is 11.9. The Balaban J connectivity index is 1.67. The Bertz CT molecular complexity index is 721. The summed E-state index contributed by atoms with van der Waals surface area (Å²) in [5.41, 5.74) is 11.9. The number of hydrogen-bond acceptors (Lipinski definition) is 6. The van der Waals surface area contributed by atoms with Crippen LogP contribution in [0.5, 0.6) is 0 Å². The Morgan fingerprint density at radius 2 is 2.12 bits per heavy atom. The van der Waals surface area contributed by atoms with Crippen LogP contribution in [0.2, 0.25) is 0 Å².